The highest BCUT2D eigenvalue weighted by Crippen LogP contribution is 2.15. The third-order valence-corrected chi connectivity index (χ3v) is 2.79. The van der Waals surface area contributed by atoms with Crippen molar-refractivity contribution in [3.8, 4) is 11.5 Å². The van der Waals surface area contributed by atoms with Crippen LogP contribution in [0.25, 0.3) is 0 Å². The second-order valence-corrected chi connectivity index (χ2v) is 4.43. The number of phenolic OH excluding ortho intramolecular Hbond substituents is 1. The molecule has 2 aromatic rings. The summed E-state index contributed by atoms with van der Waals surface area (Å²) in [7, 11) is 0. The van der Waals surface area contributed by atoms with Crippen LogP contribution in [-0.4, -0.2) is 17.7 Å². The van der Waals surface area contributed by atoms with Gasteiger partial charge < -0.3 is 20.5 Å². The zero-order chi connectivity index (χ0) is 15.1. The Morgan fingerprint density at radius 2 is 1.95 bits per heavy atom. The molecule has 5 heteroatoms. The van der Waals surface area contributed by atoms with E-state index in [1.807, 2.05) is 31.2 Å². The summed E-state index contributed by atoms with van der Waals surface area (Å²) in [5.41, 5.74) is 1.52. The minimum absolute atomic E-state index is 0.110. The molecule has 0 atom stereocenters. The monoisotopic (exact) mass is 286 g/mol. The van der Waals surface area contributed by atoms with Crippen LogP contribution in [0.3, 0.4) is 0 Å². The first-order valence-corrected chi connectivity index (χ1v) is 6.73. The van der Waals surface area contributed by atoms with E-state index >= 15 is 0 Å². The molecule has 0 aliphatic rings. The van der Waals surface area contributed by atoms with Crippen molar-refractivity contribution in [1.82, 2.24) is 5.32 Å². The van der Waals surface area contributed by atoms with Crippen molar-refractivity contribution in [1.29, 1.82) is 0 Å². The van der Waals surface area contributed by atoms with Crippen molar-refractivity contribution in [2.75, 3.05) is 11.9 Å². The Hall–Kier alpha value is -2.69. The molecule has 0 aliphatic heterocycles. The minimum Gasteiger partial charge on any atom is -0.508 e. The number of nitrogens with one attached hydrogen (secondary N) is 2. The molecule has 5 nitrogen and oxygen atoms in total. The van der Waals surface area contributed by atoms with Gasteiger partial charge in [0.15, 0.2) is 0 Å². The van der Waals surface area contributed by atoms with E-state index in [1.165, 1.54) is 6.07 Å². The maximum atomic E-state index is 11.7. The van der Waals surface area contributed by atoms with Crippen molar-refractivity contribution < 1.29 is 14.6 Å². The number of hydrogen-bond acceptors (Lipinski definition) is 3. The third kappa shape index (κ3) is 4.72. The number of aromatic hydroxyl groups is 1. The van der Waals surface area contributed by atoms with E-state index in [9.17, 15) is 9.90 Å². The number of urea groups is 1. The van der Waals surface area contributed by atoms with Crippen LogP contribution in [0.5, 0.6) is 11.5 Å². The molecule has 3 N–H and O–H groups in total. The van der Waals surface area contributed by atoms with E-state index in [2.05, 4.69) is 10.6 Å². The van der Waals surface area contributed by atoms with Gasteiger partial charge in [-0.25, -0.2) is 4.79 Å². The number of benzene rings is 2. The summed E-state index contributed by atoms with van der Waals surface area (Å²) in [6.45, 7) is 2.97. The van der Waals surface area contributed by atoms with Crippen molar-refractivity contribution in [2.24, 2.45) is 0 Å². The summed E-state index contributed by atoms with van der Waals surface area (Å²) in [4.78, 5) is 11.7. The van der Waals surface area contributed by atoms with E-state index in [0.717, 1.165) is 11.3 Å². The van der Waals surface area contributed by atoms with Gasteiger partial charge in [0.1, 0.15) is 11.5 Å². The van der Waals surface area contributed by atoms with Crippen molar-refractivity contribution in [3.05, 3.63) is 54.1 Å². The van der Waals surface area contributed by atoms with E-state index < -0.39 is 0 Å². The maximum Gasteiger partial charge on any atom is 0.319 e. The van der Waals surface area contributed by atoms with Gasteiger partial charge in [-0.1, -0.05) is 18.2 Å². The highest BCUT2D eigenvalue weighted by Gasteiger charge is 2.02. The molecule has 0 aliphatic carbocycles. The number of carbonyl (C=O) groups is 1. The Balaban J connectivity index is 1.83. The fourth-order valence-electron chi connectivity index (χ4n) is 1.81. The van der Waals surface area contributed by atoms with Crippen molar-refractivity contribution in [3.63, 3.8) is 0 Å². The first kappa shape index (κ1) is 14.7. The molecule has 0 heterocycles. The lowest BCUT2D eigenvalue weighted by atomic mass is 10.2. The molecule has 0 aromatic heterocycles. The highest BCUT2D eigenvalue weighted by molar-refractivity contribution is 5.89. The topological polar surface area (TPSA) is 70.6 Å². The summed E-state index contributed by atoms with van der Waals surface area (Å²) in [5.74, 6) is 0.921. The molecular formula is C16H18N2O3. The predicted octanol–water partition coefficient (Wildman–Crippen LogP) is 3.11. The summed E-state index contributed by atoms with van der Waals surface area (Å²) < 4.78 is 5.35. The molecule has 0 fully saturated rings. The molecule has 0 bridgehead atoms. The van der Waals surface area contributed by atoms with Crippen LogP contribution in [-0.2, 0) is 6.54 Å². The smallest absolute Gasteiger partial charge is 0.319 e. The van der Waals surface area contributed by atoms with Gasteiger partial charge in [-0.05, 0) is 36.8 Å². The zero-order valence-corrected chi connectivity index (χ0v) is 11.8. The molecular weight excluding hydrogens is 268 g/mol. The highest BCUT2D eigenvalue weighted by atomic mass is 16.5. The minimum atomic E-state index is -0.325. The quantitative estimate of drug-likeness (QED) is 0.791. The first-order chi connectivity index (χ1) is 10.2. The molecule has 0 spiro atoms. The number of anilines is 1. The standard InChI is InChI=1S/C16H18N2O3/c1-2-21-15-8-6-12(7-9-15)11-17-16(20)18-13-4-3-5-14(19)10-13/h3-10,19H,2,11H2,1H3,(H2,17,18,20). The second kappa shape index (κ2) is 7.19. The molecule has 0 saturated heterocycles. The lowest BCUT2D eigenvalue weighted by molar-refractivity contribution is 0.251. The van der Waals surface area contributed by atoms with Crippen LogP contribution in [0.1, 0.15) is 12.5 Å². The summed E-state index contributed by atoms with van der Waals surface area (Å²) in [5, 5.41) is 14.7. The Morgan fingerprint density at radius 1 is 1.19 bits per heavy atom. The average Bonchev–Trinajstić information content (AvgIpc) is 2.47. The van der Waals surface area contributed by atoms with E-state index in [-0.39, 0.29) is 11.8 Å². The normalized spacial score (nSPS) is 9.95. The SMILES string of the molecule is CCOc1ccc(CNC(=O)Nc2cccc(O)c2)cc1. The Bertz CT molecular complexity index is 597. The van der Waals surface area contributed by atoms with Crippen LogP contribution in [0.4, 0.5) is 10.5 Å². The third-order valence-electron chi connectivity index (χ3n) is 2.79. The van der Waals surface area contributed by atoms with Crippen LogP contribution >= 0.6 is 0 Å². The van der Waals surface area contributed by atoms with Gasteiger partial charge in [0, 0.05) is 18.3 Å². The number of rotatable bonds is 5. The summed E-state index contributed by atoms with van der Waals surface area (Å²) in [6.07, 6.45) is 0. The lowest BCUT2D eigenvalue weighted by Gasteiger charge is -2.09. The van der Waals surface area contributed by atoms with E-state index in [0.29, 0.717) is 18.8 Å². The first-order valence-electron chi connectivity index (χ1n) is 6.73. The fourth-order valence-corrected chi connectivity index (χ4v) is 1.81. The van der Waals surface area contributed by atoms with Crippen LogP contribution in [0.2, 0.25) is 0 Å². The molecule has 2 aromatic carbocycles. The predicted molar refractivity (Wildman–Crippen MR) is 81.6 cm³/mol. The second-order valence-electron chi connectivity index (χ2n) is 4.43. The molecule has 21 heavy (non-hydrogen) atoms. The largest absolute Gasteiger partial charge is 0.508 e. The Kier molecular flexibility index (Phi) is 5.04. The van der Waals surface area contributed by atoms with Gasteiger partial charge in [-0.3, -0.25) is 0 Å². The zero-order valence-electron chi connectivity index (χ0n) is 11.8. The Labute approximate surface area is 123 Å². The maximum absolute atomic E-state index is 11.7. The average molecular weight is 286 g/mol. The van der Waals surface area contributed by atoms with Gasteiger partial charge in [0.2, 0.25) is 0 Å². The number of phenols is 1. The molecule has 0 saturated carbocycles. The van der Waals surface area contributed by atoms with Crippen molar-refractivity contribution in [2.45, 2.75) is 13.5 Å². The van der Waals surface area contributed by atoms with Gasteiger partial charge in [0.25, 0.3) is 0 Å². The number of ether oxygens (including phenoxy) is 1. The number of hydrogen-bond donors (Lipinski definition) is 3. The van der Waals surface area contributed by atoms with Gasteiger partial charge in [-0.2, -0.15) is 0 Å². The van der Waals surface area contributed by atoms with Crippen molar-refractivity contribution >= 4 is 11.7 Å². The fraction of sp³-hybridized carbons (Fsp3) is 0.188. The molecule has 2 amide bonds. The molecule has 2 rings (SSSR count). The number of carbonyl (C=O) groups excluding carboxylic acids is 1. The Morgan fingerprint density at radius 3 is 2.62 bits per heavy atom. The van der Waals surface area contributed by atoms with Gasteiger partial charge >= 0.3 is 6.03 Å². The number of amides is 2. The van der Waals surface area contributed by atoms with Crippen LogP contribution in [0, 0.1) is 0 Å². The summed E-state index contributed by atoms with van der Waals surface area (Å²) in [6, 6.07) is 13.6. The van der Waals surface area contributed by atoms with E-state index in [4.69, 9.17) is 4.74 Å². The molecule has 0 radical (unpaired) electrons. The van der Waals surface area contributed by atoms with Crippen LogP contribution in [0.15, 0.2) is 48.5 Å². The van der Waals surface area contributed by atoms with Gasteiger partial charge in [-0.15, -0.1) is 0 Å². The van der Waals surface area contributed by atoms with Gasteiger partial charge in [0.05, 0.1) is 6.61 Å². The summed E-state index contributed by atoms with van der Waals surface area (Å²) >= 11 is 0. The van der Waals surface area contributed by atoms with E-state index in [1.54, 1.807) is 18.2 Å². The molecule has 110 valence electrons. The molecule has 0 unspecified atom stereocenters. The van der Waals surface area contributed by atoms with Crippen LogP contribution < -0.4 is 15.4 Å². The lowest BCUT2D eigenvalue weighted by Crippen LogP contribution is -2.28.